The maximum atomic E-state index is 13.4. The molecule has 2 unspecified atom stereocenters. The van der Waals surface area contributed by atoms with E-state index in [1.807, 2.05) is 59.5 Å². The predicted octanol–water partition coefficient (Wildman–Crippen LogP) is 5.34. The quantitative estimate of drug-likeness (QED) is 0.232. The monoisotopic (exact) mass is 450 g/mol. The molecular weight excluding hydrogens is 435 g/mol. The zero-order valence-electron chi connectivity index (χ0n) is 16.2. The normalized spacial score (nSPS) is 17.5. The standard InChI is InChI=1S/C23H16Cl2N4O2/c24-15-10-8-14(9-11-15)13-29-18-7-2-1-5-16(18)19(21(29)25)20(30)23-28-27-22(31-23)17-6-3-4-12-26-17/h1-12,19,21H,13H2. The third kappa shape index (κ3) is 3.69. The van der Waals surface area contributed by atoms with Crippen molar-refractivity contribution in [1.82, 2.24) is 15.2 Å². The van der Waals surface area contributed by atoms with Crippen molar-refractivity contribution in [2.75, 3.05) is 4.90 Å². The van der Waals surface area contributed by atoms with Crippen LogP contribution in [-0.4, -0.2) is 26.5 Å². The van der Waals surface area contributed by atoms with Gasteiger partial charge in [-0.2, -0.15) is 0 Å². The van der Waals surface area contributed by atoms with E-state index in [1.54, 1.807) is 18.3 Å². The lowest BCUT2D eigenvalue weighted by Gasteiger charge is -2.25. The van der Waals surface area contributed by atoms with Crippen molar-refractivity contribution >= 4 is 34.7 Å². The molecular formula is C23H16Cl2N4O2. The SMILES string of the molecule is O=C(c1nnc(-c2ccccn2)o1)C1c2ccccc2N(Cc2ccc(Cl)cc2)C1Cl. The van der Waals surface area contributed by atoms with Gasteiger partial charge in [-0.25, -0.2) is 0 Å². The summed E-state index contributed by atoms with van der Waals surface area (Å²) in [5.74, 6) is -0.846. The van der Waals surface area contributed by atoms with Gasteiger partial charge >= 0.3 is 0 Å². The summed E-state index contributed by atoms with van der Waals surface area (Å²) in [5.41, 5.74) is 2.67. The first kappa shape index (κ1) is 19.7. The number of pyridine rings is 1. The van der Waals surface area contributed by atoms with E-state index in [2.05, 4.69) is 15.2 Å². The Bertz CT molecular complexity index is 1230. The highest BCUT2D eigenvalue weighted by atomic mass is 35.5. The molecule has 0 N–H and O–H groups in total. The Morgan fingerprint density at radius 3 is 2.55 bits per heavy atom. The fraction of sp³-hybridized carbons (Fsp3) is 0.130. The number of ketones is 1. The highest BCUT2D eigenvalue weighted by Crippen LogP contribution is 2.45. The molecule has 0 saturated carbocycles. The van der Waals surface area contributed by atoms with Crippen molar-refractivity contribution < 1.29 is 9.21 Å². The first-order valence-corrected chi connectivity index (χ1v) is 10.5. The molecule has 2 aromatic carbocycles. The molecule has 3 heterocycles. The molecule has 0 fully saturated rings. The summed E-state index contributed by atoms with van der Waals surface area (Å²) in [6.07, 6.45) is 1.62. The lowest BCUT2D eigenvalue weighted by atomic mass is 9.96. The molecule has 154 valence electrons. The van der Waals surface area contributed by atoms with Crippen LogP contribution in [0.1, 0.15) is 27.7 Å². The topological polar surface area (TPSA) is 72.1 Å². The number of nitrogens with zero attached hydrogens (tertiary/aromatic N) is 4. The second-order valence-electron chi connectivity index (χ2n) is 7.16. The lowest BCUT2D eigenvalue weighted by molar-refractivity contribution is 0.0926. The number of hydrogen-bond acceptors (Lipinski definition) is 6. The molecule has 0 radical (unpaired) electrons. The number of rotatable bonds is 5. The summed E-state index contributed by atoms with van der Waals surface area (Å²) < 4.78 is 5.65. The minimum absolute atomic E-state index is 0.0838. The number of Topliss-reactive ketones (excluding diaryl/α,β-unsaturated/α-hetero) is 1. The van der Waals surface area contributed by atoms with Crippen LogP contribution in [0.25, 0.3) is 11.6 Å². The van der Waals surface area contributed by atoms with Crippen LogP contribution >= 0.6 is 23.2 Å². The third-order valence-corrected chi connectivity index (χ3v) is 5.96. The molecule has 0 saturated heterocycles. The average Bonchev–Trinajstić information content (AvgIpc) is 3.40. The van der Waals surface area contributed by atoms with Gasteiger partial charge in [0, 0.05) is 23.5 Å². The molecule has 2 atom stereocenters. The minimum atomic E-state index is -0.637. The summed E-state index contributed by atoms with van der Waals surface area (Å²) in [4.78, 5) is 19.5. The Balaban J connectivity index is 1.46. The van der Waals surface area contributed by atoms with Gasteiger partial charge in [-0.15, -0.1) is 10.2 Å². The number of aromatic nitrogens is 3. The Morgan fingerprint density at radius 2 is 1.77 bits per heavy atom. The maximum absolute atomic E-state index is 13.4. The Kier molecular flexibility index (Phi) is 5.18. The molecule has 8 heteroatoms. The largest absolute Gasteiger partial charge is 0.412 e. The van der Waals surface area contributed by atoms with Gasteiger partial charge in [-0.05, 0) is 41.5 Å². The van der Waals surface area contributed by atoms with E-state index >= 15 is 0 Å². The van der Waals surface area contributed by atoms with Gasteiger partial charge in [0.15, 0.2) is 0 Å². The number of hydrogen-bond donors (Lipinski definition) is 0. The van der Waals surface area contributed by atoms with Gasteiger partial charge in [-0.1, -0.05) is 59.6 Å². The van der Waals surface area contributed by atoms with Crippen LogP contribution < -0.4 is 4.90 Å². The highest BCUT2D eigenvalue weighted by molar-refractivity contribution is 6.30. The maximum Gasteiger partial charge on any atom is 0.285 e. The van der Waals surface area contributed by atoms with Crippen LogP contribution in [0.3, 0.4) is 0 Å². The summed E-state index contributed by atoms with van der Waals surface area (Å²) in [6.45, 7) is 0.537. The molecule has 31 heavy (non-hydrogen) atoms. The molecule has 0 amide bonds. The molecule has 4 aromatic rings. The van der Waals surface area contributed by atoms with Gasteiger partial charge in [0.1, 0.15) is 11.2 Å². The highest BCUT2D eigenvalue weighted by Gasteiger charge is 2.43. The van der Waals surface area contributed by atoms with Crippen LogP contribution in [0.15, 0.2) is 77.3 Å². The smallest absolute Gasteiger partial charge is 0.285 e. The Labute approximate surface area is 188 Å². The van der Waals surface area contributed by atoms with E-state index in [0.29, 0.717) is 17.3 Å². The first-order valence-electron chi connectivity index (χ1n) is 9.65. The molecule has 2 aromatic heterocycles. The van der Waals surface area contributed by atoms with Crippen molar-refractivity contribution in [1.29, 1.82) is 0 Å². The van der Waals surface area contributed by atoms with E-state index in [0.717, 1.165) is 16.8 Å². The van der Waals surface area contributed by atoms with E-state index in [4.69, 9.17) is 27.6 Å². The average molecular weight is 451 g/mol. The number of benzene rings is 2. The molecule has 6 nitrogen and oxygen atoms in total. The number of anilines is 1. The number of carbonyl (C=O) groups excluding carboxylic acids is 1. The molecule has 5 rings (SSSR count). The van der Waals surface area contributed by atoms with Gasteiger partial charge in [0.05, 0.1) is 5.92 Å². The lowest BCUT2D eigenvalue weighted by Crippen LogP contribution is -2.32. The number of halogens is 2. The van der Waals surface area contributed by atoms with Crippen LogP contribution in [0.2, 0.25) is 5.02 Å². The summed E-state index contributed by atoms with van der Waals surface area (Å²) in [6, 6.07) is 20.6. The zero-order chi connectivity index (χ0) is 21.4. The van der Waals surface area contributed by atoms with Crippen LogP contribution in [0.5, 0.6) is 0 Å². The fourth-order valence-electron chi connectivity index (χ4n) is 3.75. The summed E-state index contributed by atoms with van der Waals surface area (Å²) in [5, 5.41) is 8.62. The van der Waals surface area contributed by atoms with Gasteiger partial charge in [0.25, 0.3) is 11.8 Å². The molecule has 1 aliphatic rings. The van der Waals surface area contributed by atoms with E-state index < -0.39 is 11.4 Å². The second kappa shape index (κ2) is 8.13. The number of carbonyl (C=O) groups is 1. The Hall–Kier alpha value is -3.22. The van der Waals surface area contributed by atoms with Crippen molar-refractivity contribution in [2.24, 2.45) is 0 Å². The summed E-state index contributed by atoms with van der Waals surface area (Å²) in [7, 11) is 0. The van der Waals surface area contributed by atoms with Crippen LogP contribution in [0, 0.1) is 0 Å². The van der Waals surface area contributed by atoms with Crippen molar-refractivity contribution in [3.63, 3.8) is 0 Å². The molecule has 0 aliphatic carbocycles. The van der Waals surface area contributed by atoms with Gasteiger partial charge in [0.2, 0.25) is 5.78 Å². The van der Waals surface area contributed by atoms with Crippen molar-refractivity contribution in [2.45, 2.75) is 18.0 Å². The zero-order valence-corrected chi connectivity index (χ0v) is 17.7. The van der Waals surface area contributed by atoms with E-state index in [1.165, 1.54) is 0 Å². The second-order valence-corrected chi connectivity index (χ2v) is 8.04. The fourth-order valence-corrected chi connectivity index (χ4v) is 4.30. The number of alkyl halides is 1. The van der Waals surface area contributed by atoms with Crippen molar-refractivity contribution in [3.8, 4) is 11.6 Å². The summed E-state index contributed by atoms with van der Waals surface area (Å²) >= 11 is 12.8. The number of para-hydroxylation sites is 1. The van der Waals surface area contributed by atoms with E-state index in [9.17, 15) is 4.79 Å². The minimum Gasteiger partial charge on any atom is -0.412 e. The van der Waals surface area contributed by atoms with Crippen LogP contribution in [-0.2, 0) is 6.54 Å². The van der Waals surface area contributed by atoms with Gasteiger partial charge < -0.3 is 9.32 Å². The van der Waals surface area contributed by atoms with Crippen molar-refractivity contribution in [3.05, 3.63) is 95.0 Å². The molecule has 0 bridgehead atoms. The third-order valence-electron chi connectivity index (χ3n) is 5.22. The predicted molar refractivity (Wildman–Crippen MR) is 118 cm³/mol. The van der Waals surface area contributed by atoms with Crippen LogP contribution in [0.4, 0.5) is 5.69 Å². The number of fused-ring (bicyclic) bond motifs is 1. The molecule has 0 spiro atoms. The first-order chi connectivity index (χ1) is 15.1. The van der Waals surface area contributed by atoms with Gasteiger partial charge in [-0.3, -0.25) is 9.78 Å². The molecule has 1 aliphatic heterocycles. The van der Waals surface area contributed by atoms with E-state index in [-0.39, 0.29) is 17.6 Å². The Morgan fingerprint density at radius 1 is 1.00 bits per heavy atom.